The van der Waals surface area contributed by atoms with Crippen molar-refractivity contribution in [1.82, 2.24) is 9.99 Å². The van der Waals surface area contributed by atoms with Gasteiger partial charge in [0.25, 0.3) is 0 Å². The summed E-state index contributed by atoms with van der Waals surface area (Å²) >= 11 is 0. The van der Waals surface area contributed by atoms with Gasteiger partial charge >= 0.3 is 0 Å². The summed E-state index contributed by atoms with van der Waals surface area (Å²) in [5, 5.41) is 7.08. The highest BCUT2D eigenvalue weighted by molar-refractivity contribution is 6.02. The van der Waals surface area contributed by atoms with Gasteiger partial charge in [0.2, 0.25) is 6.23 Å². The van der Waals surface area contributed by atoms with Gasteiger partial charge in [-0.2, -0.15) is 5.10 Å². The van der Waals surface area contributed by atoms with Crippen molar-refractivity contribution >= 4 is 5.71 Å². The normalized spacial score (nSPS) is 20.8. The van der Waals surface area contributed by atoms with Crippen LogP contribution in [0.4, 0.5) is 0 Å². The number of ether oxygens (including phenoxy) is 1. The second-order valence-electron chi connectivity index (χ2n) is 6.80. The minimum atomic E-state index is -0.235. The minimum absolute atomic E-state index is 0.189. The zero-order chi connectivity index (χ0) is 17.5. The van der Waals surface area contributed by atoms with Crippen molar-refractivity contribution in [3.05, 3.63) is 95.3 Å². The van der Waals surface area contributed by atoms with Crippen LogP contribution >= 0.6 is 0 Å². The summed E-state index contributed by atoms with van der Waals surface area (Å²) in [4.78, 5) is 4.13. The Bertz CT molecular complexity index is 966. The van der Waals surface area contributed by atoms with Gasteiger partial charge in [-0.25, -0.2) is 5.01 Å². The monoisotopic (exact) mass is 341 g/mol. The summed E-state index contributed by atoms with van der Waals surface area (Å²) < 4.78 is 6.33. The van der Waals surface area contributed by atoms with Crippen LogP contribution in [0, 0.1) is 6.92 Å². The lowest BCUT2D eigenvalue weighted by Gasteiger charge is -2.38. The molecule has 3 heterocycles. The predicted molar refractivity (Wildman–Crippen MR) is 101 cm³/mol. The molecule has 0 saturated heterocycles. The van der Waals surface area contributed by atoms with E-state index in [1.807, 2.05) is 24.3 Å². The molecule has 2 aliphatic heterocycles. The number of hydrogen-bond acceptors (Lipinski definition) is 4. The molecule has 0 amide bonds. The molecule has 0 bridgehead atoms. The summed E-state index contributed by atoms with van der Waals surface area (Å²) in [6.07, 6.45) is 4.25. The van der Waals surface area contributed by atoms with Gasteiger partial charge in [0, 0.05) is 29.9 Å². The Kier molecular flexibility index (Phi) is 3.49. The molecule has 0 fully saturated rings. The summed E-state index contributed by atoms with van der Waals surface area (Å²) in [6, 6.07) is 21.0. The van der Waals surface area contributed by atoms with Gasteiger partial charge in [-0.3, -0.25) is 4.98 Å². The van der Waals surface area contributed by atoms with Crippen LogP contribution in [0.1, 0.15) is 40.9 Å². The molecular formula is C22H19N3O. The van der Waals surface area contributed by atoms with Gasteiger partial charge in [-0.1, -0.05) is 48.0 Å². The van der Waals surface area contributed by atoms with E-state index in [0.717, 1.165) is 23.4 Å². The van der Waals surface area contributed by atoms with Crippen LogP contribution in [-0.2, 0) is 0 Å². The number of benzene rings is 2. The second kappa shape index (κ2) is 5.99. The molecule has 4 heteroatoms. The SMILES string of the molecule is Cc1ccc(C2=NN3[C@H](C2)c2ccccc2O[C@@H]3c2ccncc2)cc1. The van der Waals surface area contributed by atoms with Crippen LogP contribution in [0.3, 0.4) is 0 Å². The van der Waals surface area contributed by atoms with Crippen LogP contribution in [0.2, 0.25) is 0 Å². The summed E-state index contributed by atoms with van der Waals surface area (Å²) in [7, 11) is 0. The van der Waals surface area contributed by atoms with E-state index in [1.54, 1.807) is 12.4 Å². The molecule has 0 spiro atoms. The average Bonchev–Trinajstić information content (AvgIpc) is 3.14. The first-order chi connectivity index (χ1) is 12.8. The van der Waals surface area contributed by atoms with E-state index >= 15 is 0 Å². The van der Waals surface area contributed by atoms with Gasteiger partial charge in [0.1, 0.15) is 5.75 Å². The fourth-order valence-electron chi connectivity index (χ4n) is 3.70. The number of pyridine rings is 1. The summed E-state index contributed by atoms with van der Waals surface area (Å²) in [5.74, 6) is 0.941. The first kappa shape index (κ1) is 15.1. The number of para-hydroxylation sites is 1. The summed E-state index contributed by atoms with van der Waals surface area (Å²) in [5.41, 5.74) is 5.80. The van der Waals surface area contributed by atoms with E-state index < -0.39 is 0 Å². The number of rotatable bonds is 2. The van der Waals surface area contributed by atoms with E-state index in [2.05, 4.69) is 53.3 Å². The molecule has 26 heavy (non-hydrogen) atoms. The van der Waals surface area contributed by atoms with Crippen molar-refractivity contribution in [2.45, 2.75) is 25.6 Å². The maximum absolute atomic E-state index is 6.33. The molecule has 0 aliphatic carbocycles. The first-order valence-corrected chi connectivity index (χ1v) is 8.88. The fraction of sp³-hybridized carbons (Fsp3) is 0.182. The topological polar surface area (TPSA) is 37.7 Å². The van der Waals surface area contributed by atoms with E-state index in [4.69, 9.17) is 9.84 Å². The van der Waals surface area contributed by atoms with Crippen molar-refractivity contribution < 1.29 is 4.74 Å². The molecule has 5 rings (SSSR count). The van der Waals surface area contributed by atoms with Crippen LogP contribution in [-0.4, -0.2) is 15.7 Å². The zero-order valence-corrected chi connectivity index (χ0v) is 14.5. The number of aryl methyl sites for hydroxylation is 1. The first-order valence-electron chi connectivity index (χ1n) is 8.88. The van der Waals surface area contributed by atoms with Gasteiger partial charge in [-0.05, 0) is 30.7 Å². The van der Waals surface area contributed by atoms with Crippen molar-refractivity contribution in [1.29, 1.82) is 0 Å². The molecule has 2 aliphatic rings. The Balaban J connectivity index is 1.59. The average molecular weight is 341 g/mol. The molecule has 0 unspecified atom stereocenters. The number of hydrogen-bond donors (Lipinski definition) is 0. The van der Waals surface area contributed by atoms with Crippen LogP contribution in [0.25, 0.3) is 0 Å². The molecule has 2 aromatic carbocycles. The van der Waals surface area contributed by atoms with E-state index in [1.165, 1.54) is 16.7 Å². The third kappa shape index (κ3) is 2.46. The molecule has 3 aromatic rings. The lowest BCUT2D eigenvalue weighted by atomic mass is 9.96. The quantitative estimate of drug-likeness (QED) is 0.682. The summed E-state index contributed by atoms with van der Waals surface area (Å²) in [6.45, 7) is 2.10. The lowest BCUT2D eigenvalue weighted by Crippen LogP contribution is -2.33. The van der Waals surface area contributed by atoms with E-state index in [0.29, 0.717) is 0 Å². The Morgan fingerprint density at radius 1 is 0.962 bits per heavy atom. The van der Waals surface area contributed by atoms with E-state index in [9.17, 15) is 0 Å². The zero-order valence-electron chi connectivity index (χ0n) is 14.5. The van der Waals surface area contributed by atoms with Crippen molar-refractivity contribution in [2.24, 2.45) is 5.10 Å². The van der Waals surface area contributed by atoms with Crippen molar-refractivity contribution in [2.75, 3.05) is 0 Å². The van der Waals surface area contributed by atoms with Crippen molar-refractivity contribution in [3.8, 4) is 5.75 Å². The number of nitrogens with zero attached hydrogens (tertiary/aromatic N) is 3. The van der Waals surface area contributed by atoms with Gasteiger partial charge in [0.05, 0.1) is 11.8 Å². The van der Waals surface area contributed by atoms with Gasteiger partial charge < -0.3 is 4.74 Å². The molecule has 2 atom stereocenters. The van der Waals surface area contributed by atoms with Crippen LogP contribution in [0.15, 0.2) is 78.2 Å². The molecule has 4 nitrogen and oxygen atoms in total. The number of aromatic nitrogens is 1. The largest absolute Gasteiger partial charge is 0.464 e. The highest BCUT2D eigenvalue weighted by Gasteiger charge is 2.40. The standard InChI is InChI=1S/C22H19N3O/c1-15-6-8-16(9-7-15)19-14-20-18-4-2-3-5-21(18)26-22(25(20)24-19)17-10-12-23-13-11-17/h2-13,20,22H,14H2,1H3/t20-,22-/m1/s1. The molecule has 1 aromatic heterocycles. The molecular weight excluding hydrogens is 322 g/mol. The Labute approximate surface area is 152 Å². The number of hydrazone groups is 1. The molecule has 0 saturated carbocycles. The van der Waals surface area contributed by atoms with Crippen molar-refractivity contribution in [3.63, 3.8) is 0 Å². The third-order valence-electron chi connectivity index (χ3n) is 5.08. The second-order valence-corrected chi connectivity index (χ2v) is 6.80. The van der Waals surface area contributed by atoms with E-state index in [-0.39, 0.29) is 12.3 Å². The minimum Gasteiger partial charge on any atom is -0.464 e. The van der Waals surface area contributed by atoms with Gasteiger partial charge in [-0.15, -0.1) is 0 Å². The maximum Gasteiger partial charge on any atom is 0.213 e. The predicted octanol–water partition coefficient (Wildman–Crippen LogP) is 4.63. The fourth-order valence-corrected chi connectivity index (χ4v) is 3.70. The highest BCUT2D eigenvalue weighted by atomic mass is 16.5. The van der Waals surface area contributed by atoms with Crippen LogP contribution in [0.5, 0.6) is 5.75 Å². The smallest absolute Gasteiger partial charge is 0.213 e. The van der Waals surface area contributed by atoms with Gasteiger partial charge in [0.15, 0.2) is 0 Å². The number of fused-ring (bicyclic) bond motifs is 3. The Morgan fingerprint density at radius 2 is 1.73 bits per heavy atom. The molecule has 0 radical (unpaired) electrons. The van der Waals surface area contributed by atoms with Crippen LogP contribution < -0.4 is 4.74 Å². The highest BCUT2D eigenvalue weighted by Crippen LogP contribution is 2.47. The third-order valence-corrected chi connectivity index (χ3v) is 5.08. The maximum atomic E-state index is 6.33. The Morgan fingerprint density at radius 3 is 2.54 bits per heavy atom. The Hall–Kier alpha value is -3.14. The molecule has 128 valence electrons. The molecule has 0 N–H and O–H groups in total. The lowest BCUT2D eigenvalue weighted by molar-refractivity contribution is -0.0190.